The van der Waals surface area contributed by atoms with Crippen LogP contribution in [0.2, 0.25) is 0 Å². The number of nitrogens with two attached hydrogens (primary N) is 1. The van der Waals surface area contributed by atoms with Crippen LogP contribution in [0.4, 0.5) is 4.39 Å². The highest BCUT2D eigenvalue weighted by atomic mass is 32.1. The summed E-state index contributed by atoms with van der Waals surface area (Å²) in [4.78, 5) is 0. The van der Waals surface area contributed by atoms with Gasteiger partial charge in [-0.3, -0.25) is 4.39 Å². The molecule has 0 unspecified atom stereocenters. The third-order valence-electron chi connectivity index (χ3n) is 0.977. The summed E-state index contributed by atoms with van der Waals surface area (Å²) in [6.45, 7) is 0.400. The first kappa shape index (κ1) is 9.58. The third-order valence-corrected chi connectivity index (χ3v) is 1.24. The number of hydrazine groups is 1. The van der Waals surface area contributed by atoms with Gasteiger partial charge in [-0.25, -0.2) is 5.84 Å². The smallest absolute Gasteiger partial charge is 0.180 e. The topological polar surface area (TPSA) is 50.1 Å². The normalized spacial score (nSPS) is 9.00. The molecule has 4 N–H and O–H groups in total. The van der Waals surface area contributed by atoms with Gasteiger partial charge in [0.05, 0.1) is 6.67 Å². The molecule has 0 aliphatic carbocycles. The fraction of sp³-hybridized carbons (Fsp3) is 0.800. The van der Waals surface area contributed by atoms with E-state index < -0.39 is 0 Å². The van der Waals surface area contributed by atoms with Crippen LogP contribution in [-0.2, 0) is 0 Å². The van der Waals surface area contributed by atoms with Crippen molar-refractivity contribution in [3.05, 3.63) is 0 Å². The standard InChI is InChI=1S/C5H12FN3S/c6-3-1-2-4-8-5(10)9-7/h1-4,7H2,(H2,8,9,10). The fourth-order valence-corrected chi connectivity index (χ4v) is 0.575. The quantitative estimate of drug-likeness (QED) is 0.239. The Hall–Kier alpha value is -0.420. The molecule has 3 nitrogen and oxygen atoms in total. The van der Waals surface area contributed by atoms with E-state index in [-0.39, 0.29) is 6.67 Å². The first-order valence-electron chi connectivity index (χ1n) is 3.11. The number of rotatable bonds is 4. The number of nitrogens with one attached hydrogen (secondary N) is 2. The van der Waals surface area contributed by atoms with Crippen molar-refractivity contribution in [1.29, 1.82) is 0 Å². The molecule has 0 saturated carbocycles. The summed E-state index contributed by atoms with van der Waals surface area (Å²) in [7, 11) is 0. The van der Waals surface area contributed by atoms with E-state index in [0.29, 0.717) is 18.1 Å². The molecule has 0 aliphatic heterocycles. The number of hydrogen-bond acceptors (Lipinski definition) is 2. The SMILES string of the molecule is NNC(=S)NCCCCF. The summed E-state index contributed by atoms with van der Waals surface area (Å²) in [6, 6.07) is 0. The fourth-order valence-electron chi connectivity index (χ4n) is 0.472. The Balaban J connectivity index is 2.96. The van der Waals surface area contributed by atoms with Gasteiger partial charge in [-0.05, 0) is 25.1 Å². The summed E-state index contributed by atoms with van der Waals surface area (Å²) in [5.41, 5.74) is 2.27. The van der Waals surface area contributed by atoms with E-state index in [9.17, 15) is 4.39 Å². The third kappa shape index (κ3) is 5.71. The molecule has 0 aliphatic rings. The molecule has 0 fully saturated rings. The summed E-state index contributed by atoms with van der Waals surface area (Å²) in [5.74, 6) is 4.96. The minimum absolute atomic E-state index is 0.273. The zero-order valence-electron chi connectivity index (χ0n) is 5.69. The van der Waals surface area contributed by atoms with Crippen LogP contribution >= 0.6 is 12.2 Å². The second kappa shape index (κ2) is 6.70. The van der Waals surface area contributed by atoms with E-state index in [2.05, 4.69) is 23.0 Å². The summed E-state index contributed by atoms with van der Waals surface area (Å²) < 4.78 is 11.5. The van der Waals surface area contributed by atoms with Gasteiger partial charge >= 0.3 is 0 Å². The van der Waals surface area contributed by atoms with Crippen molar-refractivity contribution in [3.8, 4) is 0 Å². The largest absolute Gasteiger partial charge is 0.362 e. The molecule has 0 spiro atoms. The van der Waals surface area contributed by atoms with E-state index in [4.69, 9.17) is 5.84 Å². The molecule has 0 aromatic carbocycles. The number of halogens is 1. The second-order valence-corrected chi connectivity index (χ2v) is 2.20. The number of unbranched alkanes of at least 4 members (excludes halogenated alkanes) is 1. The van der Waals surface area contributed by atoms with E-state index >= 15 is 0 Å². The zero-order valence-corrected chi connectivity index (χ0v) is 6.51. The average Bonchev–Trinajstić information content (AvgIpc) is 1.98. The van der Waals surface area contributed by atoms with Crippen LogP contribution in [0.5, 0.6) is 0 Å². The van der Waals surface area contributed by atoms with Gasteiger partial charge in [-0.2, -0.15) is 0 Å². The lowest BCUT2D eigenvalue weighted by Crippen LogP contribution is -2.39. The molecule has 0 amide bonds. The first-order chi connectivity index (χ1) is 4.81. The molecule has 10 heavy (non-hydrogen) atoms. The Morgan fingerprint density at radius 3 is 2.70 bits per heavy atom. The summed E-state index contributed by atoms with van der Waals surface area (Å²) in [5, 5.41) is 3.20. The lowest BCUT2D eigenvalue weighted by atomic mass is 10.3. The van der Waals surface area contributed by atoms with Crippen molar-refractivity contribution in [2.24, 2.45) is 5.84 Å². The van der Waals surface area contributed by atoms with Crippen molar-refractivity contribution in [2.75, 3.05) is 13.2 Å². The van der Waals surface area contributed by atoms with Crippen LogP contribution in [0, 0.1) is 0 Å². The molecule has 0 atom stereocenters. The minimum atomic E-state index is -0.273. The Kier molecular flexibility index (Phi) is 6.42. The molecular weight excluding hydrogens is 153 g/mol. The lowest BCUT2D eigenvalue weighted by Gasteiger charge is -2.04. The van der Waals surface area contributed by atoms with Crippen LogP contribution < -0.4 is 16.6 Å². The second-order valence-electron chi connectivity index (χ2n) is 1.80. The number of alkyl halides is 1. The highest BCUT2D eigenvalue weighted by Gasteiger charge is 1.89. The van der Waals surface area contributed by atoms with Crippen LogP contribution in [-0.4, -0.2) is 18.3 Å². The Morgan fingerprint density at radius 2 is 2.20 bits per heavy atom. The van der Waals surface area contributed by atoms with Crippen LogP contribution in [0.25, 0.3) is 0 Å². The Morgan fingerprint density at radius 1 is 1.50 bits per heavy atom. The molecule has 5 heteroatoms. The lowest BCUT2D eigenvalue weighted by molar-refractivity contribution is 0.461. The zero-order chi connectivity index (χ0) is 7.82. The molecular formula is C5H12FN3S. The van der Waals surface area contributed by atoms with Gasteiger partial charge in [0.25, 0.3) is 0 Å². The number of hydrogen-bond donors (Lipinski definition) is 3. The highest BCUT2D eigenvalue weighted by Crippen LogP contribution is 1.85. The highest BCUT2D eigenvalue weighted by molar-refractivity contribution is 7.80. The van der Waals surface area contributed by atoms with Crippen molar-refractivity contribution < 1.29 is 4.39 Å². The van der Waals surface area contributed by atoms with Gasteiger partial charge in [0.2, 0.25) is 0 Å². The molecule has 0 saturated heterocycles. The van der Waals surface area contributed by atoms with Crippen molar-refractivity contribution in [2.45, 2.75) is 12.8 Å². The predicted molar refractivity (Wildman–Crippen MR) is 43.1 cm³/mol. The van der Waals surface area contributed by atoms with Gasteiger partial charge in [-0.15, -0.1) is 0 Å². The molecule has 0 bridgehead atoms. The van der Waals surface area contributed by atoms with Crippen molar-refractivity contribution in [3.63, 3.8) is 0 Å². The maximum absolute atomic E-state index is 11.5. The van der Waals surface area contributed by atoms with Gasteiger partial charge in [-0.1, -0.05) is 0 Å². The first-order valence-corrected chi connectivity index (χ1v) is 3.52. The molecule has 0 heterocycles. The van der Waals surface area contributed by atoms with Crippen molar-refractivity contribution >= 4 is 17.3 Å². The van der Waals surface area contributed by atoms with Crippen LogP contribution in [0.3, 0.4) is 0 Å². The monoisotopic (exact) mass is 165 g/mol. The molecule has 0 aromatic heterocycles. The van der Waals surface area contributed by atoms with E-state index in [1.165, 1.54) is 0 Å². The maximum atomic E-state index is 11.5. The van der Waals surface area contributed by atoms with Gasteiger partial charge < -0.3 is 10.7 Å². The van der Waals surface area contributed by atoms with Gasteiger partial charge in [0.1, 0.15) is 0 Å². The van der Waals surface area contributed by atoms with Gasteiger partial charge in [0.15, 0.2) is 5.11 Å². The summed E-state index contributed by atoms with van der Waals surface area (Å²) >= 11 is 4.66. The van der Waals surface area contributed by atoms with Gasteiger partial charge in [0, 0.05) is 6.54 Å². The molecule has 0 aromatic rings. The average molecular weight is 165 g/mol. The molecule has 0 radical (unpaired) electrons. The molecule has 0 rings (SSSR count). The van der Waals surface area contributed by atoms with Crippen LogP contribution in [0.1, 0.15) is 12.8 Å². The Labute approximate surface area is 65.1 Å². The maximum Gasteiger partial charge on any atom is 0.180 e. The van der Waals surface area contributed by atoms with E-state index in [0.717, 1.165) is 6.42 Å². The minimum Gasteiger partial charge on any atom is -0.362 e. The van der Waals surface area contributed by atoms with E-state index in [1.54, 1.807) is 0 Å². The van der Waals surface area contributed by atoms with E-state index in [1.807, 2.05) is 0 Å². The predicted octanol–water partition coefficient (Wildman–Crippen LogP) is 0.0739. The summed E-state index contributed by atoms with van der Waals surface area (Å²) in [6.07, 6.45) is 1.35. The van der Waals surface area contributed by atoms with Crippen molar-refractivity contribution in [1.82, 2.24) is 10.7 Å². The Bertz CT molecular complexity index is 98.9. The number of thiocarbonyl (C=S) groups is 1. The van der Waals surface area contributed by atoms with Crippen LogP contribution in [0.15, 0.2) is 0 Å². The molecule has 60 valence electrons.